The quantitative estimate of drug-likeness (QED) is 0.784. The number of hydrogen-bond acceptors (Lipinski definition) is 4. The van der Waals surface area contributed by atoms with Crippen LogP contribution in [0.2, 0.25) is 0 Å². The van der Waals surface area contributed by atoms with Crippen LogP contribution < -0.4 is 4.74 Å². The van der Waals surface area contributed by atoms with Gasteiger partial charge in [0.05, 0.1) is 24.3 Å². The minimum absolute atomic E-state index is 0.0605. The Balaban J connectivity index is 2.18. The van der Waals surface area contributed by atoms with Crippen molar-refractivity contribution >= 4 is 5.78 Å². The molecular formula is C15H12N2O2. The largest absolute Gasteiger partial charge is 0.480 e. The highest BCUT2D eigenvalue weighted by Crippen LogP contribution is 2.16. The molecule has 0 amide bonds. The molecule has 0 radical (unpaired) electrons. The second kappa shape index (κ2) is 5.78. The molecule has 2 rings (SSSR count). The van der Waals surface area contributed by atoms with E-state index in [0.29, 0.717) is 17.0 Å². The number of carbonyl (C=O) groups is 1. The van der Waals surface area contributed by atoms with E-state index < -0.39 is 0 Å². The zero-order valence-electron chi connectivity index (χ0n) is 10.5. The molecule has 2 aromatic rings. The van der Waals surface area contributed by atoms with Gasteiger partial charge in [0.25, 0.3) is 0 Å². The van der Waals surface area contributed by atoms with Crippen LogP contribution in [0.3, 0.4) is 0 Å². The molecule has 0 spiro atoms. The number of nitriles is 1. The number of ether oxygens (including phenoxy) is 1. The molecule has 0 aliphatic heterocycles. The first kappa shape index (κ1) is 12.8. The number of aromatic nitrogens is 1. The summed E-state index contributed by atoms with van der Waals surface area (Å²) in [5, 5.41) is 8.71. The summed E-state index contributed by atoms with van der Waals surface area (Å²) >= 11 is 0. The average Bonchev–Trinajstić information content (AvgIpc) is 2.48. The predicted molar refractivity (Wildman–Crippen MR) is 70.0 cm³/mol. The molecule has 0 saturated carbocycles. The number of hydrogen-bond donors (Lipinski definition) is 0. The molecule has 0 fully saturated rings. The minimum Gasteiger partial charge on any atom is -0.480 e. The van der Waals surface area contributed by atoms with E-state index in [1.165, 1.54) is 7.11 Å². The number of carbonyl (C=O) groups excluding carboxylic acids is 1. The average molecular weight is 252 g/mol. The maximum absolute atomic E-state index is 12.2. The molecule has 19 heavy (non-hydrogen) atoms. The SMILES string of the molecule is COc1ncccc1C(=O)Cc1ccc(C#N)cc1. The molecule has 1 heterocycles. The number of benzene rings is 1. The van der Waals surface area contributed by atoms with Gasteiger partial charge in [-0.2, -0.15) is 5.26 Å². The monoisotopic (exact) mass is 252 g/mol. The number of methoxy groups -OCH3 is 1. The van der Waals surface area contributed by atoms with Crippen molar-refractivity contribution in [3.05, 3.63) is 59.3 Å². The summed E-state index contributed by atoms with van der Waals surface area (Å²) < 4.78 is 5.07. The van der Waals surface area contributed by atoms with Crippen LogP contribution >= 0.6 is 0 Å². The maximum atomic E-state index is 12.2. The van der Waals surface area contributed by atoms with Crippen LogP contribution in [0.1, 0.15) is 21.5 Å². The number of rotatable bonds is 4. The van der Waals surface area contributed by atoms with E-state index in [9.17, 15) is 4.79 Å². The highest BCUT2D eigenvalue weighted by molar-refractivity contribution is 5.99. The van der Waals surface area contributed by atoms with Gasteiger partial charge in [-0.15, -0.1) is 0 Å². The molecule has 0 unspecified atom stereocenters. The van der Waals surface area contributed by atoms with Crippen LogP contribution in [0.4, 0.5) is 0 Å². The molecule has 0 saturated heterocycles. The van der Waals surface area contributed by atoms with Gasteiger partial charge in [-0.05, 0) is 29.8 Å². The van der Waals surface area contributed by atoms with Crippen LogP contribution in [0.15, 0.2) is 42.6 Å². The fraction of sp³-hybridized carbons (Fsp3) is 0.133. The van der Waals surface area contributed by atoms with Crippen molar-refractivity contribution in [2.75, 3.05) is 7.11 Å². The normalized spacial score (nSPS) is 9.68. The van der Waals surface area contributed by atoms with E-state index >= 15 is 0 Å². The van der Waals surface area contributed by atoms with E-state index in [1.807, 2.05) is 6.07 Å². The first-order chi connectivity index (χ1) is 9.24. The van der Waals surface area contributed by atoms with Gasteiger partial charge in [-0.3, -0.25) is 4.79 Å². The van der Waals surface area contributed by atoms with Gasteiger partial charge in [0.2, 0.25) is 5.88 Å². The summed E-state index contributed by atoms with van der Waals surface area (Å²) in [6, 6.07) is 12.4. The molecule has 1 aromatic carbocycles. The summed E-state index contributed by atoms with van der Waals surface area (Å²) in [5.41, 5.74) is 1.90. The van der Waals surface area contributed by atoms with Crippen LogP contribution in [-0.2, 0) is 6.42 Å². The third-order valence-corrected chi connectivity index (χ3v) is 2.71. The first-order valence-corrected chi connectivity index (χ1v) is 5.76. The van der Waals surface area contributed by atoms with E-state index in [4.69, 9.17) is 10.00 Å². The van der Waals surface area contributed by atoms with Crippen molar-refractivity contribution in [3.8, 4) is 11.9 Å². The number of Topliss-reactive ketones (excluding diaryl/α,β-unsaturated/α-hetero) is 1. The Morgan fingerprint density at radius 1 is 1.32 bits per heavy atom. The van der Waals surface area contributed by atoms with Crippen molar-refractivity contribution in [2.45, 2.75) is 6.42 Å². The molecule has 0 N–H and O–H groups in total. The van der Waals surface area contributed by atoms with Gasteiger partial charge in [0.15, 0.2) is 5.78 Å². The van der Waals surface area contributed by atoms with Gasteiger partial charge in [-0.1, -0.05) is 12.1 Å². The fourth-order valence-corrected chi connectivity index (χ4v) is 1.74. The molecule has 1 aromatic heterocycles. The second-order valence-electron chi connectivity index (χ2n) is 3.97. The molecule has 4 heteroatoms. The highest BCUT2D eigenvalue weighted by Gasteiger charge is 2.13. The first-order valence-electron chi connectivity index (χ1n) is 5.76. The Labute approximate surface area is 111 Å². The highest BCUT2D eigenvalue weighted by atomic mass is 16.5. The van der Waals surface area contributed by atoms with Gasteiger partial charge >= 0.3 is 0 Å². The molecular weight excluding hydrogens is 240 g/mol. The summed E-state index contributed by atoms with van der Waals surface area (Å²) in [7, 11) is 1.49. The summed E-state index contributed by atoms with van der Waals surface area (Å²) in [4.78, 5) is 16.2. The Morgan fingerprint density at radius 2 is 2.05 bits per heavy atom. The number of nitrogens with zero attached hydrogens (tertiary/aromatic N) is 2. The van der Waals surface area contributed by atoms with Gasteiger partial charge in [0, 0.05) is 12.6 Å². The van der Waals surface area contributed by atoms with Crippen LogP contribution in [0.25, 0.3) is 0 Å². The third kappa shape index (κ3) is 2.96. The van der Waals surface area contributed by atoms with Gasteiger partial charge in [0.1, 0.15) is 0 Å². The minimum atomic E-state index is -0.0605. The topological polar surface area (TPSA) is 63.0 Å². The summed E-state index contributed by atoms with van der Waals surface area (Å²) in [6.45, 7) is 0. The van der Waals surface area contributed by atoms with E-state index in [2.05, 4.69) is 4.98 Å². The molecule has 0 aliphatic rings. The lowest BCUT2D eigenvalue weighted by Crippen LogP contribution is -2.06. The lowest BCUT2D eigenvalue weighted by atomic mass is 10.0. The van der Waals surface area contributed by atoms with E-state index in [0.717, 1.165) is 5.56 Å². The van der Waals surface area contributed by atoms with Crippen molar-refractivity contribution in [1.82, 2.24) is 4.98 Å². The third-order valence-electron chi connectivity index (χ3n) is 2.71. The maximum Gasteiger partial charge on any atom is 0.224 e. The molecule has 0 aliphatic carbocycles. The van der Waals surface area contributed by atoms with E-state index in [1.54, 1.807) is 42.6 Å². The lowest BCUT2D eigenvalue weighted by molar-refractivity contribution is 0.0989. The van der Waals surface area contributed by atoms with E-state index in [-0.39, 0.29) is 12.2 Å². The molecule has 4 nitrogen and oxygen atoms in total. The van der Waals surface area contributed by atoms with Crippen molar-refractivity contribution in [2.24, 2.45) is 0 Å². The van der Waals surface area contributed by atoms with Crippen molar-refractivity contribution in [1.29, 1.82) is 5.26 Å². The number of ketones is 1. The Kier molecular flexibility index (Phi) is 3.89. The standard InChI is InChI=1S/C15H12N2O2/c1-19-15-13(3-2-8-17-15)14(18)9-11-4-6-12(10-16)7-5-11/h2-8H,9H2,1H3. The fourth-order valence-electron chi connectivity index (χ4n) is 1.74. The predicted octanol–water partition coefficient (Wildman–Crippen LogP) is 2.39. The van der Waals surface area contributed by atoms with Crippen LogP contribution in [-0.4, -0.2) is 17.9 Å². The zero-order valence-corrected chi connectivity index (χ0v) is 10.5. The van der Waals surface area contributed by atoms with Gasteiger partial charge < -0.3 is 4.74 Å². The molecule has 0 bridgehead atoms. The number of pyridine rings is 1. The van der Waals surface area contributed by atoms with Gasteiger partial charge in [-0.25, -0.2) is 4.98 Å². The summed E-state index contributed by atoms with van der Waals surface area (Å²) in [6.07, 6.45) is 1.84. The Morgan fingerprint density at radius 3 is 2.68 bits per heavy atom. The van der Waals surface area contributed by atoms with Crippen molar-refractivity contribution < 1.29 is 9.53 Å². The summed E-state index contributed by atoms with van der Waals surface area (Å²) in [5.74, 6) is 0.274. The van der Waals surface area contributed by atoms with Crippen molar-refractivity contribution in [3.63, 3.8) is 0 Å². The zero-order chi connectivity index (χ0) is 13.7. The van der Waals surface area contributed by atoms with Crippen LogP contribution in [0, 0.1) is 11.3 Å². The molecule has 0 atom stereocenters. The smallest absolute Gasteiger partial charge is 0.224 e. The molecule has 94 valence electrons. The van der Waals surface area contributed by atoms with Crippen LogP contribution in [0.5, 0.6) is 5.88 Å². The Hall–Kier alpha value is -2.67. The Bertz CT molecular complexity index is 627. The lowest BCUT2D eigenvalue weighted by Gasteiger charge is -2.06. The second-order valence-corrected chi connectivity index (χ2v) is 3.97.